The first-order chi connectivity index (χ1) is 10.0. The molecule has 0 spiro atoms. The summed E-state index contributed by atoms with van der Waals surface area (Å²) in [5, 5.41) is 0. The van der Waals surface area contributed by atoms with Crippen molar-refractivity contribution < 1.29 is 17.9 Å². The normalized spacial score (nSPS) is 11.4. The van der Waals surface area contributed by atoms with Gasteiger partial charge in [-0.1, -0.05) is 12.1 Å². The zero-order valence-corrected chi connectivity index (χ0v) is 11.2. The largest absolute Gasteiger partial charge is 0.487 e. The number of nitrogens with zero attached hydrogens (tertiary/aromatic N) is 1. The Morgan fingerprint density at radius 1 is 1.14 bits per heavy atom. The van der Waals surface area contributed by atoms with Crippen molar-refractivity contribution in [3.63, 3.8) is 0 Å². The topological polar surface area (TPSA) is 48.1 Å². The molecule has 0 saturated carbocycles. The third kappa shape index (κ3) is 4.19. The average Bonchev–Trinajstić information content (AvgIpc) is 2.46. The summed E-state index contributed by atoms with van der Waals surface area (Å²) in [7, 11) is 0. The van der Waals surface area contributed by atoms with Gasteiger partial charge in [0.2, 0.25) is 0 Å². The molecule has 0 atom stereocenters. The fourth-order valence-electron chi connectivity index (χ4n) is 1.88. The Morgan fingerprint density at radius 3 is 2.57 bits per heavy atom. The second-order valence-electron chi connectivity index (χ2n) is 4.48. The monoisotopic (exact) mass is 296 g/mol. The van der Waals surface area contributed by atoms with Crippen molar-refractivity contribution in [1.29, 1.82) is 0 Å². The van der Waals surface area contributed by atoms with Gasteiger partial charge in [-0.15, -0.1) is 0 Å². The van der Waals surface area contributed by atoms with Crippen LogP contribution in [-0.4, -0.2) is 11.5 Å². The van der Waals surface area contributed by atoms with Crippen molar-refractivity contribution in [2.24, 2.45) is 5.73 Å². The van der Waals surface area contributed by atoms with Gasteiger partial charge in [0.05, 0.1) is 11.3 Å². The molecule has 0 saturated heterocycles. The van der Waals surface area contributed by atoms with E-state index in [1.165, 1.54) is 6.07 Å². The Labute approximate surface area is 120 Å². The lowest BCUT2D eigenvalue weighted by Gasteiger charge is -2.15. The van der Waals surface area contributed by atoms with E-state index < -0.39 is 11.7 Å². The number of nitrogens with two attached hydrogens (primary N) is 1. The predicted octanol–water partition coefficient (Wildman–Crippen LogP) is 3.18. The molecule has 1 heterocycles. The molecule has 2 aromatic rings. The van der Waals surface area contributed by atoms with E-state index in [1.54, 1.807) is 30.5 Å². The third-order valence-corrected chi connectivity index (χ3v) is 2.88. The summed E-state index contributed by atoms with van der Waals surface area (Å²) < 4.78 is 44.5. The number of benzene rings is 1. The summed E-state index contributed by atoms with van der Waals surface area (Å²) in [6.45, 7) is 0.283. The Morgan fingerprint density at radius 2 is 1.95 bits per heavy atom. The van der Waals surface area contributed by atoms with Crippen LogP contribution in [0.25, 0.3) is 0 Å². The van der Waals surface area contributed by atoms with Crippen LogP contribution in [0.4, 0.5) is 13.2 Å². The lowest BCUT2D eigenvalue weighted by atomic mass is 10.1. The summed E-state index contributed by atoms with van der Waals surface area (Å²) >= 11 is 0. The number of ether oxygens (including phenoxy) is 1. The number of pyridine rings is 1. The number of halogens is 3. The van der Waals surface area contributed by atoms with Crippen molar-refractivity contribution in [3.8, 4) is 5.75 Å². The molecule has 0 aliphatic carbocycles. The predicted molar refractivity (Wildman–Crippen MR) is 72.8 cm³/mol. The van der Waals surface area contributed by atoms with Gasteiger partial charge in [0.25, 0.3) is 0 Å². The molecule has 112 valence electrons. The maximum absolute atomic E-state index is 13.1. The number of aromatic nitrogens is 1. The second-order valence-corrected chi connectivity index (χ2v) is 4.48. The van der Waals surface area contributed by atoms with Crippen LogP contribution in [0.2, 0.25) is 0 Å². The molecule has 0 bridgehead atoms. The maximum Gasteiger partial charge on any atom is 0.419 e. The molecule has 6 heteroatoms. The zero-order chi connectivity index (χ0) is 15.3. The van der Waals surface area contributed by atoms with E-state index in [1.807, 2.05) is 0 Å². The molecular formula is C15H15F3N2O. The minimum atomic E-state index is -4.47. The maximum atomic E-state index is 13.1. The van der Waals surface area contributed by atoms with E-state index in [0.29, 0.717) is 24.2 Å². The molecule has 1 aromatic heterocycles. The second kappa shape index (κ2) is 6.58. The summed E-state index contributed by atoms with van der Waals surface area (Å²) in [5.74, 6) is -0.200. The van der Waals surface area contributed by atoms with Gasteiger partial charge >= 0.3 is 6.18 Å². The minimum absolute atomic E-state index is 0.0137. The van der Waals surface area contributed by atoms with Gasteiger partial charge in [-0.25, -0.2) is 0 Å². The van der Waals surface area contributed by atoms with Crippen molar-refractivity contribution in [2.75, 3.05) is 6.54 Å². The lowest BCUT2D eigenvalue weighted by molar-refractivity contribution is -0.139. The van der Waals surface area contributed by atoms with Gasteiger partial charge in [0.15, 0.2) is 0 Å². The van der Waals surface area contributed by atoms with E-state index in [2.05, 4.69) is 4.98 Å². The summed E-state index contributed by atoms with van der Waals surface area (Å²) in [5.41, 5.74) is 5.69. The number of hydrogen-bond donors (Lipinski definition) is 1. The van der Waals surface area contributed by atoms with Gasteiger partial charge in [-0.3, -0.25) is 4.98 Å². The Balaban J connectivity index is 2.21. The molecule has 0 radical (unpaired) electrons. The SMILES string of the molecule is NCCc1ccc(OCc2ccccn2)c(C(F)(F)F)c1. The highest BCUT2D eigenvalue weighted by atomic mass is 19.4. The first kappa shape index (κ1) is 15.3. The van der Waals surface area contributed by atoms with Gasteiger partial charge in [-0.05, 0) is 42.8 Å². The van der Waals surface area contributed by atoms with Gasteiger partial charge < -0.3 is 10.5 Å². The fourth-order valence-corrected chi connectivity index (χ4v) is 1.88. The Kier molecular flexibility index (Phi) is 4.80. The van der Waals surface area contributed by atoms with E-state index in [0.717, 1.165) is 6.07 Å². The molecule has 0 aliphatic rings. The lowest BCUT2D eigenvalue weighted by Crippen LogP contribution is -2.11. The number of rotatable bonds is 5. The molecule has 1 aromatic carbocycles. The Hall–Kier alpha value is -2.08. The van der Waals surface area contributed by atoms with Crippen molar-refractivity contribution >= 4 is 0 Å². The van der Waals surface area contributed by atoms with Crippen LogP contribution < -0.4 is 10.5 Å². The highest BCUT2D eigenvalue weighted by Crippen LogP contribution is 2.37. The highest BCUT2D eigenvalue weighted by molar-refractivity contribution is 5.39. The highest BCUT2D eigenvalue weighted by Gasteiger charge is 2.34. The van der Waals surface area contributed by atoms with E-state index in [4.69, 9.17) is 10.5 Å². The van der Waals surface area contributed by atoms with Gasteiger partial charge in [0, 0.05) is 6.20 Å². The zero-order valence-electron chi connectivity index (χ0n) is 11.2. The van der Waals surface area contributed by atoms with Crippen molar-refractivity contribution in [2.45, 2.75) is 19.2 Å². The first-order valence-corrected chi connectivity index (χ1v) is 6.43. The van der Waals surface area contributed by atoms with Crippen LogP contribution in [0, 0.1) is 0 Å². The van der Waals surface area contributed by atoms with Gasteiger partial charge in [0.1, 0.15) is 12.4 Å². The first-order valence-electron chi connectivity index (χ1n) is 6.43. The molecule has 0 amide bonds. The van der Waals surface area contributed by atoms with Crippen molar-refractivity contribution in [3.05, 3.63) is 59.4 Å². The van der Waals surface area contributed by atoms with E-state index in [9.17, 15) is 13.2 Å². The van der Waals surface area contributed by atoms with Crippen molar-refractivity contribution in [1.82, 2.24) is 4.98 Å². The van der Waals surface area contributed by atoms with Gasteiger partial charge in [-0.2, -0.15) is 13.2 Å². The summed E-state index contributed by atoms with van der Waals surface area (Å²) in [6.07, 6.45) is -2.51. The van der Waals surface area contributed by atoms with E-state index in [-0.39, 0.29) is 12.4 Å². The quantitative estimate of drug-likeness (QED) is 0.922. The molecule has 0 aliphatic heterocycles. The molecule has 0 unspecified atom stereocenters. The van der Waals surface area contributed by atoms with Crippen LogP contribution in [0.1, 0.15) is 16.8 Å². The van der Waals surface area contributed by atoms with Crippen LogP contribution in [0.15, 0.2) is 42.6 Å². The van der Waals surface area contributed by atoms with Crippen LogP contribution in [-0.2, 0) is 19.2 Å². The standard InChI is InChI=1S/C15H15F3N2O/c16-15(17,18)13-9-11(6-7-19)4-5-14(13)21-10-12-3-1-2-8-20-12/h1-5,8-9H,6-7,10,19H2. The fraction of sp³-hybridized carbons (Fsp3) is 0.267. The molecule has 3 nitrogen and oxygen atoms in total. The summed E-state index contributed by atoms with van der Waals surface area (Å²) in [6, 6.07) is 9.18. The molecule has 2 rings (SSSR count). The molecule has 21 heavy (non-hydrogen) atoms. The molecule has 2 N–H and O–H groups in total. The summed E-state index contributed by atoms with van der Waals surface area (Å²) in [4.78, 5) is 4.01. The van der Waals surface area contributed by atoms with Crippen LogP contribution in [0.5, 0.6) is 5.75 Å². The third-order valence-electron chi connectivity index (χ3n) is 2.88. The minimum Gasteiger partial charge on any atom is -0.487 e. The number of hydrogen-bond acceptors (Lipinski definition) is 3. The van der Waals surface area contributed by atoms with Crippen LogP contribution >= 0.6 is 0 Å². The van der Waals surface area contributed by atoms with E-state index >= 15 is 0 Å². The molecular weight excluding hydrogens is 281 g/mol. The Bertz CT molecular complexity index is 585. The average molecular weight is 296 g/mol. The molecule has 0 fully saturated rings. The van der Waals surface area contributed by atoms with Crippen LogP contribution in [0.3, 0.4) is 0 Å². The number of alkyl halides is 3. The smallest absolute Gasteiger partial charge is 0.419 e.